The summed E-state index contributed by atoms with van der Waals surface area (Å²) in [4.78, 5) is 34.7. The van der Waals surface area contributed by atoms with Gasteiger partial charge in [-0.3, -0.25) is 14.2 Å². The second-order valence-corrected chi connectivity index (χ2v) is 10.5. The van der Waals surface area contributed by atoms with Gasteiger partial charge in [0.2, 0.25) is 5.91 Å². The number of rotatable bonds is 8. The summed E-state index contributed by atoms with van der Waals surface area (Å²) in [6.07, 6.45) is 0.964. The number of aromatic nitrogens is 2. The van der Waals surface area contributed by atoms with E-state index in [0.29, 0.717) is 47.6 Å². The zero-order chi connectivity index (χ0) is 26.6. The van der Waals surface area contributed by atoms with Gasteiger partial charge in [-0.1, -0.05) is 82.3 Å². The molecular weight excluding hydrogens is 462 g/mol. The van der Waals surface area contributed by atoms with Crippen molar-refractivity contribution in [2.75, 3.05) is 7.11 Å². The quantitative estimate of drug-likeness (QED) is 0.286. The van der Waals surface area contributed by atoms with E-state index in [1.54, 1.807) is 17.7 Å². The lowest BCUT2D eigenvalue weighted by Crippen LogP contribution is -2.39. The Bertz CT molecular complexity index is 1440. The summed E-state index contributed by atoms with van der Waals surface area (Å²) in [6.45, 7) is 8.63. The third kappa shape index (κ3) is 5.74. The van der Waals surface area contributed by atoms with Crippen molar-refractivity contribution in [3.63, 3.8) is 0 Å². The molecule has 1 unspecified atom stereocenters. The molecule has 0 saturated carbocycles. The van der Waals surface area contributed by atoms with Crippen molar-refractivity contribution in [1.29, 1.82) is 0 Å². The van der Waals surface area contributed by atoms with Crippen LogP contribution in [0.2, 0.25) is 0 Å². The van der Waals surface area contributed by atoms with Gasteiger partial charge >= 0.3 is 0 Å². The van der Waals surface area contributed by atoms with Crippen LogP contribution in [-0.4, -0.2) is 27.5 Å². The fraction of sp³-hybridized carbons (Fsp3) is 0.323. The molecule has 37 heavy (non-hydrogen) atoms. The molecule has 6 nitrogen and oxygen atoms in total. The molecule has 4 rings (SSSR count). The van der Waals surface area contributed by atoms with Crippen LogP contribution in [-0.2, 0) is 11.3 Å². The van der Waals surface area contributed by atoms with Crippen molar-refractivity contribution in [1.82, 2.24) is 14.5 Å². The van der Waals surface area contributed by atoms with Gasteiger partial charge in [-0.2, -0.15) is 0 Å². The van der Waals surface area contributed by atoms with Gasteiger partial charge in [0.05, 0.1) is 29.7 Å². The van der Waals surface area contributed by atoms with E-state index < -0.39 is 6.04 Å². The van der Waals surface area contributed by atoms with Crippen molar-refractivity contribution in [2.24, 2.45) is 5.41 Å². The molecule has 3 aromatic carbocycles. The number of hydrogen-bond acceptors (Lipinski definition) is 4. The lowest BCUT2D eigenvalue weighted by atomic mass is 9.91. The number of methoxy groups -OCH3 is 1. The van der Waals surface area contributed by atoms with Crippen LogP contribution in [0.15, 0.2) is 83.7 Å². The summed E-state index contributed by atoms with van der Waals surface area (Å²) in [5.74, 6) is 1.11. The Morgan fingerprint density at radius 1 is 0.973 bits per heavy atom. The number of hydrogen-bond donors (Lipinski definition) is 0. The first kappa shape index (κ1) is 26.1. The second kappa shape index (κ2) is 11.0. The zero-order valence-electron chi connectivity index (χ0n) is 22.3. The monoisotopic (exact) mass is 497 g/mol. The normalized spacial score (nSPS) is 12.4. The molecule has 192 valence electrons. The maximum atomic E-state index is 14.0. The van der Waals surface area contributed by atoms with Crippen LogP contribution in [0.3, 0.4) is 0 Å². The van der Waals surface area contributed by atoms with Gasteiger partial charge in [0.15, 0.2) is 0 Å². The van der Waals surface area contributed by atoms with Gasteiger partial charge in [0.25, 0.3) is 5.56 Å². The Hall–Kier alpha value is -3.93. The topological polar surface area (TPSA) is 64.4 Å². The second-order valence-electron chi connectivity index (χ2n) is 10.5. The average molecular weight is 498 g/mol. The van der Waals surface area contributed by atoms with Crippen molar-refractivity contribution in [3.05, 3.63) is 101 Å². The molecule has 1 heterocycles. The van der Waals surface area contributed by atoms with Crippen molar-refractivity contribution < 1.29 is 9.53 Å². The Morgan fingerprint density at radius 3 is 2.30 bits per heavy atom. The van der Waals surface area contributed by atoms with E-state index in [0.717, 1.165) is 5.56 Å². The number of fused-ring (bicyclic) bond motifs is 1. The lowest BCUT2D eigenvalue weighted by Gasteiger charge is -2.34. The number of amides is 1. The van der Waals surface area contributed by atoms with E-state index in [-0.39, 0.29) is 16.9 Å². The van der Waals surface area contributed by atoms with Gasteiger partial charge in [0.1, 0.15) is 11.6 Å². The highest BCUT2D eigenvalue weighted by atomic mass is 16.5. The van der Waals surface area contributed by atoms with E-state index in [2.05, 4.69) is 20.8 Å². The molecule has 0 radical (unpaired) electrons. The number of nitrogens with zero attached hydrogens (tertiary/aromatic N) is 3. The molecule has 0 saturated heterocycles. The van der Waals surface area contributed by atoms with Crippen LogP contribution >= 0.6 is 0 Å². The molecule has 0 aliphatic rings. The first-order valence-electron chi connectivity index (χ1n) is 12.7. The minimum absolute atomic E-state index is 0.0252. The maximum absolute atomic E-state index is 14.0. The highest BCUT2D eigenvalue weighted by molar-refractivity contribution is 5.79. The molecule has 0 N–H and O–H groups in total. The molecule has 0 spiro atoms. The lowest BCUT2D eigenvalue weighted by molar-refractivity contribution is -0.136. The van der Waals surface area contributed by atoms with Gasteiger partial charge in [-0.15, -0.1) is 0 Å². The Kier molecular flexibility index (Phi) is 7.77. The van der Waals surface area contributed by atoms with E-state index >= 15 is 0 Å². The summed E-state index contributed by atoms with van der Waals surface area (Å²) < 4.78 is 7.26. The Balaban J connectivity index is 1.97. The highest BCUT2D eigenvalue weighted by Gasteiger charge is 2.31. The molecule has 6 heteroatoms. The number of benzene rings is 3. The first-order chi connectivity index (χ1) is 17.7. The fourth-order valence-corrected chi connectivity index (χ4v) is 4.67. The Labute approximate surface area is 218 Å². The van der Waals surface area contributed by atoms with E-state index in [4.69, 9.17) is 9.72 Å². The molecule has 0 fully saturated rings. The van der Waals surface area contributed by atoms with E-state index in [9.17, 15) is 9.59 Å². The number of ether oxygens (including phenoxy) is 1. The number of carbonyl (C=O) groups excluding carboxylic acids is 1. The summed E-state index contributed by atoms with van der Waals surface area (Å²) in [5.41, 5.74) is 1.85. The molecule has 0 aliphatic carbocycles. The predicted molar refractivity (Wildman–Crippen MR) is 148 cm³/mol. The summed E-state index contributed by atoms with van der Waals surface area (Å²) >= 11 is 0. The maximum Gasteiger partial charge on any atom is 0.266 e. The van der Waals surface area contributed by atoms with E-state index in [1.807, 2.05) is 84.6 Å². The van der Waals surface area contributed by atoms with Gasteiger partial charge < -0.3 is 9.64 Å². The molecule has 1 amide bonds. The first-order valence-corrected chi connectivity index (χ1v) is 12.7. The van der Waals surface area contributed by atoms with Crippen LogP contribution in [0.5, 0.6) is 5.75 Å². The third-order valence-corrected chi connectivity index (χ3v) is 6.39. The number of para-hydroxylation sites is 3. The van der Waals surface area contributed by atoms with Crippen LogP contribution in [0.1, 0.15) is 58.0 Å². The van der Waals surface area contributed by atoms with Crippen LogP contribution < -0.4 is 10.3 Å². The zero-order valence-corrected chi connectivity index (χ0v) is 22.3. The van der Waals surface area contributed by atoms with E-state index in [1.165, 1.54) is 0 Å². The van der Waals surface area contributed by atoms with Crippen molar-refractivity contribution >= 4 is 16.8 Å². The Morgan fingerprint density at radius 2 is 1.62 bits per heavy atom. The van der Waals surface area contributed by atoms with Gasteiger partial charge in [0, 0.05) is 13.0 Å². The molecule has 4 aromatic rings. The summed E-state index contributed by atoms with van der Waals surface area (Å²) in [7, 11) is 1.59. The molecule has 1 atom stereocenters. The smallest absolute Gasteiger partial charge is 0.266 e. The standard InChI is InChI=1S/C31H35N3O3/c1-6-25(33(28(35)20-31(2,3)4)21-22-14-8-7-9-15-22)29-32-24-17-11-10-16-23(24)30(36)34(29)26-18-12-13-19-27(26)37-5/h7-19,25H,6,20-21H2,1-5H3. The fourth-order valence-electron chi connectivity index (χ4n) is 4.67. The van der Waals surface area contributed by atoms with Crippen molar-refractivity contribution in [2.45, 2.75) is 53.1 Å². The van der Waals surface area contributed by atoms with Gasteiger partial charge in [-0.05, 0) is 41.7 Å². The minimum Gasteiger partial charge on any atom is -0.495 e. The van der Waals surface area contributed by atoms with Crippen LogP contribution in [0, 0.1) is 5.41 Å². The van der Waals surface area contributed by atoms with Gasteiger partial charge in [-0.25, -0.2) is 4.98 Å². The average Bonchev–Trinajstić information content (AvgIpc) is 2.88. The minimum atomic E-state index is -0.433. The van der Waals surface area contributed by atoms with Crippen LogP contribution in [0.4, 0.5) is 0 Å². The predicted octanol–water partition coefficient (Wildman–Crippen LogP) is 6.31. The largest absolute Gasteiger partial charge is 0.495 e. The molecule has 1 aromatic heterocycles. The highest BCUT2D eigenvalue weighted by Crippen LogP contribution is 2.32. The third-order valence-electron chi connectivity index (χ3n) is 6.39. The molecule has 0 aliphatic heterocycles. The van der Waals surface area contributed by atoms with Crippen LogP contribution in [0.25, 0.3) is 16.6 Å². The molecule has 0 bridgehead atoms. The molecular formula is C31H35N3O3. The summed E-state index contributed by atoms with van der Waals surface area (Å²) in [6, 6.07) is 24.3. The number of carbonyl (C=O) groups is 1. The summed E-state index contributed by atoms with van der Waals surface area (Å²) in [5, 5.41) is 0.516. The SMILES string of the molecule is CCC(c1nc2ccccc2c(=O)n1-c1ccccc1OC)N(Cc1ccccc1)C(=O)CC(C)(C)C. The van der Waals surface area contributed by atoms with Crippen molar-refractivity contribution in [3.8, 4) is 11.4 Å².